The average molecular weight is 363 g/mol. The number of aromatic nitrogens is 1. The lowest BCUT2D eigenvalue weighted by Crippen LogP contribution is -2.29. The van der Waals surface area contributed by atoms with Gasteiger partial charge in [0, 0.05) is 22.2 Å². The number of hydrogen-bond acceptors (Lipinski definition) is 5. The van der Waals surface area contributed by atoms with Crippen LogP contribution < -0.4 is 5.32 Å². The van der Waals surface area contributed by atoms with Crippen molar-refractivity contribution in [2.75, 3.05) is 5.32 Å². The molecule has 0 unspecified atom stereocenters. The number of anilines is 1. The summed E-state index contributed by atoms with van der Waals surface area (Å²) in [5.41, 5.74) is 3.83. The van der Waals surface area contributed by atoms with Gasteiger partial charge in [-0.15, -0.1) is 11.3 Å². The van der Waals surface area contributed by atoms with Crippen LogP contribution in [0.25, 0.3) is 11.3 Å². The molecule has 1 aliphatic heterocycles. The van der Waals surface area contributed by atoms with Crippen LogP contribution >= 0.6 is 11.3 Å². The fourth-order valence-electron chi connectivity index (χ4n) is 3.02. The molecule has 2 heterocycles. The van der Waals surface area contributed by atoms with Crippen molar-refractivity contribution in [3.8, 4) is 11.3 Å². The van der Waals surface area contributed by atoms with Crippen LogP contribution in [0.4, 0.5) is 5.69 Å². The van der Waals surface area contributed by atoms with E-state index in [1.54, 1.807) is 24.3 Å². The molecule has 0 saturated heterocycles. The Morgan fingerprint density at radius 2 is 1.85 bits per heavy atom. The maximum absolute atomic E-state index is 11.0. The summed E-state index contributed by atoms with van der Waals surface area (Å²) in [4.78, 5) is 20.5. The molecule has 3 aromatic rings. The summed E-state index contributed by atoms with van der Waals surface area (Å²) in [6.45, 7) is 4.18. The smallest absolute Gasteiger partial charge is 0.335 e. The molecule has 2 aromatic carbocycles. The van der Waals surface area contributed by atoms with Gasteiger partial charge in [0.05, 0.1) is 16.8 Å². The third kappa shape index (κ3) is 2.88. The van der Waals surface area contributed by atoms with Gasteiger partial charge in [-0.3, -0.25) is 4.99 Å². The zero-order chi connectivity index (χ0) is 18.3. The minimum atomic E-state index is -0.933. The number of thiazole rings is 1. The van der Waals surface area contributed by atoms with Gasteiger partial charge in [0.1, 0.15) is 0 Å². The molecule has 0 atom stereocenters. The van der Waals surface area contributed by atoms with E-state index in [1.807, 2.05) is 23.6 Å². The van der Waals surface area contributed by atoms with Gasteiger partial charge in [0.15, 0.2) is 10.8 Å². The molecule has 0 spiro atoms. The molecule has 2 N–H and O–H groups in total. The second-order valence-electron chi connectivity index (χ2n) is 6.61. The van der Waals surface area contributed by atoms with Crippen molar-refractivity contribution < 1.29 is 9.90 Å². The Morgan fingerprint density at radius 1 is 1.12 bits per heavy atom. The van der Waals surface area contributed by atoms with E-state index in [0.717, 1.165) is 33.4 Å². The van der Waals surface area contributed by atoms with Gasteiger partial charge in [0.2, 0.25) is 0 Å². The van der Waals surface area contributed by atoms with Crippen LogP contribution in [0.2, 0.25) is 0 Å². The van der Waals surface area contributed by atoms with Crippen LogP contribution in [0.1, 0.15) is 34.8 Å². The Hall–Kier alpha value is -2.99. The highest BCUT2D eigenvalue weighted by Crippen LogP contribution is 2.36. The summed E-state index contributed by atoms with van der Waals surface area (Å²) >= 11 is 1.52. The number of rotatable bonds is 3. The van der Waals surface area contributed by atoms with Crippen molar-refractivity contribution in [1.82, 2.24) is 4.98 Å². The molecule has 6 heteroatoms. The Bertz CT molecular complexity index is 1020. The summed E-state index contributed by atoms with van der Waals surface area (Å²) in [6.07, 6.45) is 0. The molecule has 0 saturated carbocycles. The van der Waals surface area contributed by atoms with Gasteiger partial charge in [-0.25, -0.2) is 9.78 Å². The summed E-state index contributed by atoms with van der Waals surface area (Å²) in [5, 5.41) is 15.2. The first-order chi connectivity index (χ1) is 12.4. The SMILES string of the molecule is CC1(C)N=C(c2nc(-c3ccc(C(=O)O)cc3)cs2)Nc2ccccc21. The highest BCUT2D eigenvalue weighted by Gasteiger charge is 2.29. The number of carbonyl (C=O) groups is 1. The third-order valence-corrected chi connectivity index (χ3v) is 5.21. The highest BCUT2D eigenvalue weighted by atomic mass is 32.1. The standard InChI is InChI=1S/C20H17N3O2S/c1-20(2)14-5-3-4-6-15(14)21-17(23-20)18-22-16(11-26-18)12-7-9-13(10-8-12)19(24)25/h3-11H,1-2H3,(H,21,23)(H,24,25). The Labute approximate surface area is 155 Å². The van der Waals surface area contributed by atoms with Gasteiger partial charge >= 0.3 is 5.97 Å². The molecule has 0 amide bonds. The highest BCUT2D eigenvalue weighted by molar-refractivity contribution is 7.12. The first-order valence-electron chi connectivity index (χ1n) is 8.20. The Balaban J connectivity index is 1.66. The molecular weight excluding hydrogens is 346 g/mol. The van der Waals surface area contributed by atoms with E-state index in [9.17, 15) is 4.79 Å². The molecule has 1 aromatic heterocycles. The summed E-state index contributed by atoms with van der Waals surface area (Å²) in [7, 11) is 0. The first-order valence-corrected chi connectivity index (χ1v) is 9.08. The van der Waals surface area contributed by atoms with Gasteiger partial charge in [0.25, 0.3) is 0 Å². The molecule has 0 radical (unpaired) electrons. The largest absolute Gasteiger partial charge is 0.478 e. The maximum Gasteiger partial charge on any atom is 0.335 e. The van der Waals surface area contributed by atoms with Crippen molar-refractivity contribution in [1.29, 1.82) is 0 Å². The number of carboxylic acid groups (broad SMARTS) is 1. The molecule has 1 aliphatic rings. The van der Waals surface area contributed by atoms with Crippen molar-refractivity contribution >= 4 is 28.8 Å². The predicted octanol–water partition coefficient (Wildman–Crippen LogP) is 4.62. The molecule has 0 aliphatic carbocycles. The lowest BCUT2D eigenvalue weighted by molar-refractivity contribution is 0.0697. The molecule has 4 rings (SSSR count). The zero-order valence-electron chi connectivity index (χ0n) is 14.4. The number of hydrogen-bond donors (Lipinski definition) is 2. The second-order valence-corrected chi connectivity index (χ2v) is 7.47. The Kier molecular flexibility index (Phi) is 3.85. The lowest BCUT2D eigenvalue weighted by Gasteiger charge is -2.30. The fraction of sp³-hybridized carbons (Fsp3) is 0.150. The summed E-state index contributed by atoms with van der Waals surface area (Å²) < 4.78 is 0. The normalized spacial score (nSPS) is 14.9. The predicted molar refractivity (Wildman–Crippen MR) is 104 cm³/mol. The van der Waals surface area contributed by atoms with E-state index in [-0.39, 0.29) is 11.1 Å². The van der Waals surface area contributed by atoms with Crippen LogP contribution in [-0.2, 0) is 5.54 Å². The van der Waals surface area contributed by atoms with E-state index < -0.39 is 5.97 Å². The number of aromatic carboxylic acids is 1. The number of benzene rings is 2. The maximum atomic E-state index is 11.0. The molecule has 0 bridgehead atoms. The fourth-order valence-corrected chi connectivity index (χ4v) is 3.79. The second kappa shape index (κ2) is 6.07. The molecule has 130 valence electrons. The number of para-hydroxylation sites is 1. The number of nitrogens with zero attached hydrogens (tertiary/aromatic N) is 2. The monoisotopic (exact) mass is 363 g/mol. The molecule has 26 heavy (non-hydrogen) atoms. The number of carboxylic acids is 1. The number of fused-ring (bicyclic) bond motifs is 1. The molecule has 5 nitrogen and oxygen atoms in total. The number of aliphatic imine (C=N–C) groups is 1. The topological polar surface area (TPSA) is 74.6 Å². The van der Waals surface area contributed by atoms with Crippen molar-refractivity contribution in [3.05, 3.63) is 70.0 Å². The number of amidine groups is 1. The Morgan fingerprint density at radius 3 is 2.58 bits per heavy atom. The summed E-state index contributed by atoms with van der Waals surface area (Å²) in [6, 6.07) is 14.9. The van der Waals surface area contributed by atoms with Crippen LogP contribution in [0.3, 0.4) is 0 Å². The first kappa shape index (κ1) is 16.5. The minimum absolute atomic E-state index is 0.265. The van der Waals surface area contributed by atoms with Crippen LogP contribution in [0.15, 0.2) is 58.9 Å². The molecular formula is C20H17N3O2S. The van der Waals surface area contributed by atoms with E-state index in [4.69, 9.17) is 15.1 Å². The zero-order valence-corrected chi connectivity index (χ0v) is 15.2. The van der Waals surface area contributed by atoms with Gasteiger partial charge in [-0.1, -0.05) is 30.3 Å². The van der Waals surface area contributed by atoms with E-state index in [0.29, 0.717) is 0 Å². The van der Waals surface area contributed by atoms with Crippen LogP contribution in [-0.4, -0.2) is 21.9 Å². The van der Waals surface area contributed by atoms with Crippen molar-refractivity contribution in [2.24, 2.45) is 4.99 Å². The van der Waals surface area contributed by atoms with E-state index in [1.165, 1.54) is 11.3 Å². The summed E-state index contributed by atoms with van der Waals surface area (Å²) in [5.74, 6) is -0.177. The van der Waals surface area contributed by atoms with Crippen LogP contribution in [0.5, 0.6) is 0 Å². The quantitative estimate of drug-likeness (QED) is 0.712. The van der Waals surface area contributed by atoms with Gasteiger partial charge < -0.3 is 10.4 Å². The van der Waals surface area contributed by atoms with Crippen LogP contribution in [0, 0.1) is 0 Å². The average Bonchev–Trinajstić information content (AvgIpc) is 3.11. The van der Waals surface area contributed by atoms with E-state index in [2.05, 4.69) is 25.2 Å². The molecule has 0 fully saturated rings. The minimum Gasteiger partial charge on any atom is -0.478 e. The van der Waals surface area contributed by atoms with E-state index >= 15 is 0 Å². The number of nitrogens with one attached hydrogen (secondary N) is 1. The van der Waals surface area contributed by atoms with Gasteiger partial charge in [-0.2, -0.15) is 0 Å². The third-order valence-electron chi connectivity index (χ3n) is 4.36. The lowest BCUT2D eigenvalue weighted by atomic mass is 9.92. The van der Waals surface area contributed by atoms with Gasteiger partial charge in [-0.05, 0) is 32.0 Å². The van der Waals surface area contributed by atoms with Crippen molar-refractivity contribution in [2.45, 2.75) is 19.4 Å². The van der Waals surface area contributed by atoms with Crippen molar-refractivity contribution in [3.63, 3.8) is 0 Å².